The minimum atomic E-state index is -1.60. The fraction of sp³-hybridized carbons (Fsp3) is 0.750. The van der Waals surface area contributed by atoms with E-state index in [0.717, 1.165) is 0 Å². The van der Waals surface area contributed by atoms with Crippen LogP contribution in [0.3, 0.4) is 0 Å². The number of aliphatic imine (C=N–C) groups is 2. The summed E-state index contributed by atoms with van der Waals surface area (Å²) in [5.41, 5.74) is 27.3. The summed E-state index contributed by atoms with van der Waals surface area (Å²) in [6.07, 6.45) is 1.41. The molecular weight excluding hydrogens is 947 g/mol. The number of nitrogens with one attached hydrogen (secondary N) is 7. The lowest BCUT2D eigenvalue weighted by atomic mass is 9.98. The summed E-state index contributed by atoms with van der Waals surface area (Å²) in [5.74, 6) is -7.92. The molecule has 1 aliphatic heterocycles. The maximum Gasteiger partial charge on any atom is 0.326 e. The van der Waals surface area contributed by atoms with E-state index in [1.807, 2.05) is 27.7 Å². The fourth-order valence-corrected chi connectivity index (χ4v) is 7.65. The number of thiol groups is 1. The molecule has 8 amide bonds. The van der Waals surface area contributed by atoms with Crippen molar-refractivity contribution in [3.8, 4) is 0 Å². The van der Waals surface area contributed by atoms with Gasteiger partial charge in [0.15, 0.2) is 11.9 Å². The van der Waals surface area contributed by atoms with E-state index in [-0.39, 0.29) is 106 Å². The number of aliphatic hydroxyl groups is 1. The number of rotatable bonds is 32. The number of aliphatic hydroxyl groups excluding tert-OH is 1. The summed E-state index contributed by atoms with van der Waals surface area (Å²) in [5, 5.41) is 38.1. The Morgan fingerprint density at radius 3 is 1.39 bits per heavy atom. The Bertz CT molecular complexity index is 1860. The van der Waals surface area contributed by atoms with Gasteiger partial charge in [-0.3, -0.25) is 48.3 Å². The summed E-state index contributed by atoms with van der Waals surface area (Å²) in [6.45, 7) is 11.7. The molecule has 0 aromatic rings. The Balaban J connectivity index is 3.19. The van der Waals surface area contributed by atoms with Crippen molar-refractivity contribution in [3.63, 3.8) is 0 Å². The summed E-state index contributed by atoms with van der Waals surface area (Å²) < 4.78 is 0. The first-order valence-corrected chi connectivity index (χ1v) is 24.6. The molecule has 0 aromatic heterocycles. The third-order valence-corrected chi connectivity index (χ3v) is 11.5. The number of amides is 8. The Morgan fingerprint density at radius 2 is 0.986 bits per heavy atom. The lowest BCUT2D eigenvalue weighted by Crippen LogP contribution is -2.60. The van der Waals surface area contributed by atoms with Gasteiger partial charge in [0.1, 0.15) is 48.3 Å². The molecule has 26 nitrogen and oxygen atoms in total. The van der Waals surface area contributed by atoms with Gasteiger partial charge >= 0.3 is 5.97 Å². The Labute approximate surface area is 421 Å². The first-order valence-electron chi connectivity index (χ1n) is 24.0. The Kier molecular flexibility index (Phi) is 28.5. The molecule has 1 saturated heterocycles. The first-order chi connectivity index (χ1) is 33.2. The van der Waals surface area contributed by atoms with Crippen LogP contribution in [0.25, 0.3) is 0 Å². The molecular formula is C44H81N15O11S. The molecule has 0 spiro atoms. The Hall–Kier alpha value is -5.96. The summed E-state index contributed by atoms with van der Waals surface area (Å²) in [4.78, 5) is 129. The third-order valence-electron chi connectivity index (χ3n) is 11.1. The number of aliphatic carboxylic acids is 1. The van der Waals surface area contributed by atoms with Crippen LogP contribution >= 0.6 is 12.6 Å². The van der Waals surface area contributed by atoms with Crippen LogP contribution < -0.4 is 65.9 Å². The molecule has 71 heavy (non-hydrogen) atoms. The largest absolute Gasteiger partial charge is 0.480 e. The van der Waals surface area contributed by atoms with Crippen molar-refractivity contribution in [1.82, 2.24) is 42.1 Å². The second-order valence-corrected chi connectivity index (χ2v) is 19.2. The van der Waals surface area contributed by atoms with Crippen molar-refractivity contribution in [2.45, 2.75) is 161 Å². The normalized spacial score (nSPS) is 16.7. The zero-order chi connectivity index (χ0) is 54.1. The molecule has 1 aliphatic rings. The maximum atomic E-state index is 13.9. The highest BCUT2D eigenvalue weighted by molar-refractivity contribution is 7.80. The second-order valence-electron chi connectivity index (χ2n) is 18.9. The number of carbonyl (C=O) groups is 9. The predicted octanol–water partition coefficient (Wildman–Crippen LogP) is -4.03. The van der Waals surface area contributed by atoms with Gasteiger partial charge in [-0.2, -0.15) is 12.6 Å². The van der Waals surface area contributed by atoms with Gasteiger partial charge in [-0.15, -0.1) is 0 Å². The quantitative estimate of drug-likeness (QED) is 0.0132. The lowest BCUT2D eigenvalue weighted by molar-refractivity contribution is -0.143. The van der Waals surface area contributed by atoms with Crippen LogP contribution in [-0.4, -0.2) is 167 Å². The molecule has 1 rings (SSSR count). The van der Waals surface area contributed by atoms with Crippen LogP contribution in [0.4, 0.5) is 0 Å². The van der Waals surface area contributed by atoms with Gasteiger partial charge in [-0.1, -0.05) is 41.5 Å². The van der Waals surface area contributed by atoms with Crippen molar-refractivity contribution in [3.05, 3.63) is 0 Å². The van der Waals surface area contributed by atoms with Gasteiger partial charge in [0.2, 0.25) is 47.3 Å². The van der Waals surface area contributed by atoms with E-state index in [9.17, 15) is 53.4 Å². The number of carbonyl (C=O) groups excluding carboxylic acids is 8. The van der Waals surface area contributed by atoms with Crippen LogP contribution in [0.2, 0.25) is 0 Å². The number of carboxylic acids is 1. The van der Waals surface area contributed by atoms with Crippen molar-refractivity contribution in [2.75, 3.05) is 32.0 Å². The number of likely N-dealkylation sites (tertiary alicyclic amines) is 1. The van der Waals surface area contributed by atoms with Gasteiger partial charge < -0.3 is 81.0 Å². The SMILES string of the molecule is CC(C)C[C@H](NC(=O)[C@H](CC(C)C)NC(=O)[C@H](CC(C)C)NC(=O)[C@@H](N)CS)C(=O)N[C@@H](CO)C(=O)N[C@@H](C)C(=O)N1CCC[C@H]1C(=O)N[C@@H](CCCN=C(N)N)C(=O)N[C@@H](CCCN=C(N)N)C(=O)O. The molecule has 404 valence electrons. The van der Waals surface area contributed by atoms with Crippen LogP contribution in [0.1, 0.15) is 106 Å². The average molecular weight is 1030 g/mol. The van der Waals surface area contributed by atoms with Gasteiger partial charge in [0, 0.05) is 25.4 Å². The van der Waals surface area contributed by atoms with E-state index in [4.69, 9.17) is 28.7 Å². The number of nitrogens with two attached hydrogens (primary N) is 5. The summed E-state index contributed by atoms with van der Waals surface area (Å²) >= 11 is 4.05. The molecule has 0 aliphatic carbocycles. The number of hydrogen-bond donors (Lipinski definition) is 15. The second kappa shape index (κ2) is 32.1. The molecule has 0 bridgehead atoms. The van der Waals surface area contributed by atoms with Crippen molar-refractivity contribution >= 4 is 77.8 Å². The summed E-state index contributed by atoms with van der Waals surface area (Å²) in [7, 11) is 0. The fourth-order valence-electron chi connectivity index (χ4n) is 7.48. The number of guanidine groups is 2. The highest BCUT2D eigenvalue weighted by Crippen LogP contribution is 2.20. The molecule has 0 unspecified atom stereocenters. The van der Waals surface area contributed by atoms with E-state index in [0.29, 0.717) is 6.42 Å². The van der Waals surface area contributed by atoms with Crippen LogP contribution in [0.15, 0.2) is 9.98 Å². The van der Waals surface area contributed by atoms with Crippen molar-refractivity contribution in [1.29, 1.82) is 0 Å². The lowest BCUT2D eigenvalue weighted by Gasteiger charge is -2.30. The molecule has 0 saturated carbocycles. The molecule has 27 heteroatoms. The minimum Gasteiger partial charge on any atom is -0.480 e. The number of carboxylic acid groups (broad SMARTS) is 1. The van der Waals surface area contributed by atoms with Crippen molar-refractivity contribution < 1.29 is 53.4 Å². The van der Waals surface area contributed by atoms with E-state index in [2.05, 4.69) is 59.8 Å². The van der Waals surface area contributed by atoms with E-state index in [1.54, 1.807) is 13.8 Å². The molecule has 0 aromatic carbocycles. The summed E-state index contributed by atoms with van der Waals surface area (Å²) in [6, 6.07) is -11.0. The molecule has 1 fully saturated rings. The standard InChI is InChI=1S/C44H81N15O11S/c1-22(2)17-29(55-34(61)26(45)21-71)36(63)56-30(18-23(3)4)37(64)57-31(19-24(5)6)38(65)58-32(20-60)39(66)52-25(7)41(68)59-16-10-13-33(59)40(67)53-27(11-8-14-50-43(46)47)35(62)54-28(42(69)70)12-9-15-51-44(48)49/h22-33,60,71H,8-21,45H2,1-7H3,(H,52,66)(H,53,67)(H,54,62)(H,55,61)(H,56,63)(H,57,64)(H,58,65)(H,69,70)(H4,46,47,50)(H4,48,49,51)/t25-,26-,27-,28-,29-,30-,31-,32-,33-/m0/s1. The van der Waals surface area contributed by atoms with Gasteiger partial charge in [0.05, 0.1) is 12.6 Å². The first kappa shape index (κ1) is 63.1. The van der Waals surface area contributed by atoms with Gasteiger partial charge in [-0.05, 0) is 82.5 Å². The van der Waals surface area contributed by atoms with Gasteiger partial charge in [-0.25, -0.2) is 4.79 Å². The smallest absolute Gasteiger partial charge is 0.326 e. The topological polar surface area (TPSA) is 436 Å². The average Bonchev–Trinajstić information content (AvgIpc) is 3.78. The van der Waals surface area contributed by atoms with E-state index >= 15 is 0 Å². The monoisotopic (exact) mass is 1030 g/mol. The highest BCUT2D eigenvalue weighted by Gasteiger charge is 2.39. The van der Waals surface area contributed by atoms with Crippen LogP contribution in [0.5, 0.6) is 0 Å². The zero-order valence-corrected chi connectivity index (χ0v) is 43.0. The van der Waals surface area contributed by atoms with E-state index in [1.165, 1.54) is 11.8 Å². The van der Waals surface area contributed by atoms with Gasteiger partial charge in [0.25, 0.3) is 0 Å². The molecule has 1 heterocycles. The number of nitrogens with zero attached hydrogens (tertiary/aromatic N) is 3. The van der Waals surface area contributed by atoms with E-state index < -0.39 is 114 Å². The molecule has 0 radical (unpaired) electrons. The highest BCUT2D eigenvalue weighted by atomic mass is 32.1. The predicted molar refractivity (Wildman–Crippen MR) is 269 cm³/mol. The minimum absolute atomic E-state index is 0.0141. The van der Waals surface area contributed by atoms with Crippen LogP contribution in [-0.2, 0) is 43.2 Å². The zero-order valence-electron chi connectivity index (χ0n) is 42.1. The molecule has 19 N–H and O–H groups in total. The van der Waals surface area contributed by atoms with Crippen molar-refractivity contribution in [2.24, 2.45) is 56.4 Å². The Morgan fingerprint density at radius 1 is 0.592 bits per heavy atom. The number of hydrogen-bond acceptors (Lipinski definition) is 14. The molecule has 9 atom stereocenters. The third kappa shape index (κ3) is 23.7. The van der Waals surface area contributed by atoms with Crippen LogP contribution in [0, 0.1) is 17.8 Å². The maximum absolute atomic E-state index is 13.9.